The highest BCUT2D eigenvalue weighted by atomic mass is 16.4. The standard InChI is InChI=1S/C15H11N3O/c16-10-18-14-7-3-1-5-11(14)9-13(17-19)12-6-2-4-8-15(12)18/h1-8,19H,9H2/b17-13+. The lowest BCUT2D eigenvalue weighted by atomic mass is 10.0. The van der Waals surface area contributed by atoms with E-state index in [-0.39, 0.29) is 0 Å². The summed E-state index contributed by atoms with van der Waals surface area (Å²) in [5.74, 6) is 0. The predicted molar refractivity (Wildman–Crippen MR) is 72.7 cm³/mol. The average Bonchev–Trinajstić information content (AvgIpc) is 2.61. The van der Waals surface area contributed by atoms with Crippen LogP contribution in [0, 0.1) is 11.5 Å². The molecule has 2 aromatic rings. The Morgan fingerprint density at radius 2 is 1.74 bits per heavy atom. The van der Waals surface area contributed by atoms with Crippen LogP contribution in [0.2, 0.25) is 0 Å². The molecule has 1 heterocycles. The summed E-state index contributed by atoms with van der Waals surface area (Å²) in [6.07, 6.45) is 2.70. The van der Waals surface area contributed by atoms with Crippen LogP contribution in [0.5, 0.6) is 0 Å². The minimum Gasteiger partial charge on any atom is -0.411 e. The third kappa shape index (κ3) is 1.72. The lowest BCUT2D eigenvalue weighted by Crippen LogP contribution is -2.10. The molecule has 92 valence electrons. The number of anilines is 2. The molecule has 2 aromatic carbocycles. The quantitative estimate of drug-likeness (QED) is 0.443. The highest BCUT2D eigenvalue weighted by Crippen LogP contribution is 2.35. The topological polar surface area (TPSA) is 59.6 Å². The van der Waals surface area contributed by atoms with E-state index in [9.17, 15) is 10.5 Å². The Morgan fingerprint density at radius 3 is 2.47 bits per heavy atom. The second kappa shape index (κ2) is 4.46. The average molecular weight is 249 g/mol. The van der Waals surface area contributed by atoms with Crippen molar-refractivity contribution < 1.29 is 5.21 Å². The van der Waals surface area contributed by atoms with Gasteiger partial charge in [-0.2, -0.15) is 5.26 Å². The normalized spacial score (nSPS) is 15.3. The van der Waals surface area contributed by atoms with Crippen LogP contribution in [0.3, 0.4) is 0 Å². The van der Waals surface area contributed by atoms with Crippen molar-refractivity contribution in [1.82, 2.24) is 0 Å². The molecule has 4 nitrogen and oxygen atoms in total. The van der Waals surface area contributed by atoms with Gasteiger partial charge in [0.05, 0.1) is 17.1 Å². The van der Waals surface area contributed by atoms with E-state index >= 15 is 0 Å². The monoisotopic (exact) mass is 249 g/mol. The van der Waals surface area contributed by atoms with Gasteiger partial charge in [-0.15, -0.1) is 0 Å². The van der Waals surface area contributed by atoms with Gasteiger partial charge in [-0.25, -0.2) is 4.90 Å². The fourth-order valence-electron chi connectivity index (χ4n) is 2.39. The third-order valence-electron chi connectivity index (χ3n) is 3.27. The van der Waals surface area contributed by atoms with Crippen LogP contribution in [0.4, 0.5) is 11.4 Å². The first-order valence-corrected chi connectivity index (χ1v) is 5.93. The van der Waals surface area contributed by atoms with Crippen molar-refractivity contribution in [3.63, 3.8) is 0 Å². The van der Waals surface area contributed by atoms with Crippen molar-refractivity contribution in [2.24, 2.45) is 5.16 Å². The molecule has 0 atom stereocenters. The van der Waals surface area contributed by atoms with Crippen LogP contribution in [0.25, 0.3) is 0 Å². The second-order valence-electron chi connectivity index (χ2n) is 4.30. The minimum absolute atomic E-state index is 0.502. The van der Waals surface area contributed by atoms with Crippen molar-refractivity contribution >= 4 is 17.1 Å². The molecule has 0 radical (unpaired) electrons. The number of fused-ring (bicyclic) bond motifs is 2. The maximum Gasteiger partial charge on any atom is 0.189 e. The van der Waals surface area contributed by atoms with Crippen LogP contribution in [0.1, 0.15) is 11.1 Å². The molecule has 0 saturated heterocycles. The van der Waals surface area contributed by atoms with Gasteiger partial charge in [-0.05, 0) is 17.7 Å². The number of nitriles is 1. The van der Waals surface area contributed by atoms with Gasteiger partial charge in [0, 0.05) is 12.0 Å². The van der Waals surface area contributed by atoms with Crippen molar-refractivity contribution in [1.29, 1.82) is 5.26 Å². The van der Waals surface area contributed by atoms with Crippen molar-refractivity contribution in [3.05, 3.63) is 59.7 Å². The fourth-order valence-corrected chi connectivity index (χ4v) is 2.39. The molecular weight excluding hydrogens is 238 g/mol. The molecule has 0 spiro atoms. The summed E-state index contributed by atoms with van der Waals surface area (Å²) in [6, 6.07) is 15.1. The summed E-state index contributed by atoms with van der Waals surface area (Å²) in [4.78, 5) is 1.57. The Kier molecular flexibility index (Phi) is 2.66. The van der Waals surface area contributed by atoms with Gasteiger partial charge in [0.2, 0.25) is 0 Å². The van der Waals surface area contributed by atoms with E-state index in [0.717, 1.165) is 22.5 Å². The van der Waals surface area contributed by atoms with Gasteiger partial charge in [0.25, 0.3) is 0 Å². The minimum atomic E-state index is 0.502. The van der Waals surface area contributed by atoms with E-state index in [1.807, 2.05) is 48.5 Å². The molecule has 3 rings (SSSR count). The van der Waals surface area contributed by atoms with Gasteiger partial charge in [0.15, 0.2) is 6.19 Å². The second-order valence-corrected chi connectivity index (χ2v) is 4.30. The van der Waals surface area contributed by atoms with E-state index in [4.69, 9.17) is 0 Å². The summed E-state index contributed by atoms with van der Waals surface area (Å²) in [5, 5.41) is 22.1. The predicted octanol–water partition coefficient (Wildman–Crippen LogP) is 3.04. The Labute approximate surface area is 110 Å². The van der Waals surface area contributed by atoms with Crippen molar-refractivity contribution in [3.8, 4) is 6.19 Å². The zero-order valence-electron chi connectivity index (χ0n) is 10.1. The number of benzene rings is 2. The Balaban J connectivity index is 2.32. The molecule has 1 N–H and O–H groups in total. The zero-order chi connectivity index (χ0) is 13.2. The van der Waals surface area contributed by atoms with E-state index in [0.29, 0.717) is 12.1 Å². The first-order valence-electron chi connectivity index (χ1n) is 5.93. The molecule has 0 fully saturated rings. The van der Waals surface area contributed by atoms with Crippen LogP contribution >= 0.6 is 0 Å². The van der Waals surface area contributed by atoms with Crippen molar-refractivity contribution in [2.45, 2.75) is 6.42 Å². The van der Waals surface area contributed by atoms with E-state index in [1.165, 1.54) is 0 Å². The maximum atomic E-state index is 9.44. The van der Waals surface area contributed by atoms with E-state index in [2.05, 4.69) is 11.3 Å². The lowest BCUT2D eigenvalue weighted by molar-refractivity contribution is 0.318. The summed E-state index contributed by atoms with van der Waals surface area (Å²) >= 11 is 0. The number of hydrogen-bond donors (Lipinski definition) is 1. The smallest absolute Gasteiger partial charge is 0.189 e. The molecule has 19 heavy (non-hydrogen) atoms. The van der Waals surface area contributed by atoms with Crippen LogP contribution in [0.15, 0.2) is 53.7 Å². The number of oxime groups is 1. The third-order valence-corrected chi connectivity index (χ3v) is 3.27. The maximum absolute atomic E-state index is 9.44. The number of para-hydroxylation sites is 2. The Morgan fingerprint density at radius 1 is 1.05 bits per heavy atom. The zero-order valence-corrected chi connectivity index (χ0v) is 10.1. The number of nitrogens with zero attached hydrogens (tertiary/aromatic N) is 3. The molecule has 4 heteroatoms. The first-order chi connectivity index (χ1) is 9.35. The van der Waals surface area contributed by atoms with E-state index < -0.39 is 0 Å². The van der Waals surface area contributed by atoms with Gasteiger partial charge in [-0.1, -0.05) is 41.6 Å². The van der Waals surface area contributed by atoms with Gasteiger partial charge in [0.1, 0.15) is 0 Å². The molecule has 0 aromatic heterocycles. The number of hydrogen-bond acceptors (Lipinski definition) is 4. The lowest BCUT2D eigenvalue weighted by Gasteiger charge is -2.17. The molecule has 0 amide bonds. The summed E-state index contributed by atoms with van der Waals surface area (Å²) in [5.41, 5.74) is 3.88. The van der Waals surface area contributed by atoms with E-state index in [1.54, 1.807) is 4.90 Å². The van der Waals surface area contributed by atoms with Crippen molar-refractivity contribution in [2.75, 3.05) is 4.90 Å². The number of rotatable bonds is 0. The molecule has 0 bridgehead atoms. The van der Waals surface area contributed by atoms with Gasteiger partial charge in [-0.3, -0.25) is 0 Å². The molecule has 0 aliphatic carbocycles. The van der Waals surface area contributed by atoms with Crippen LogP contribution in [-0.4, -0.2) is 10.9 Å². The molecule has 0 unspecified atom stereocenters. The largest absolute Gasteiger partial charge is 0.411 e. The molecular formula is C15H11N3O. The Hall–Kier alpha value is -2.80. The molecule has 1 aliphatic rings. The van der Waals surface area contributed by atoms with Gasteiger partial charge >= 0.3 is 0 Å². The summed E-state index contributed by atoms with van der Waals surface area (Å²) in [7, 11) is 0. The summed E-state index contributed by atoms with van der Waals surface area (Å²) < 4.78 is 0. The highest BCUT2D eigenvalue weighted by Gasteiger charge is 2.23. The van der Waals surface area contributed by atoms with Crippen LogP contribution in [-0.2, 0) is 6.42 Å². The SMILES string of the molecule is N#CN1c2ccccc2C/C(=N\O)c2ccccc21. The molecule has 1 aliphatic heterocycles. The summed E-state index contributed by atoms with van der Waals surface area (Å²) in [6.45, 7) is 0. The van der Waals surface area contributed by atoms with Crippen LogP contribution < -0.4 is 4.90 Å². The molecule has 0 saturated carbocycles. The first kappa shape index (κ1) is 11.3. The van der Waals surface area contributed by atoms with Gasteiger partial charge < -0.3 is 5.21 Å². The fraction of sp³-hybridized carbons (Fsp3) is 0.0667. The Bertz CT molecular complexity index is 701. The highest BCUT2D eigenvalue weighted by molar-refractivity contribution is 6.09.